The smallest absolute Gasteiger partial charge is 0.126 e. The maximum Gasteiger partial charge on any atom is 0.126 e. The van der Waals surface area contributed by atoms with Gasteiger partial charge < -0.3 is 4.74 Å². The van der Waals surface area contributed by atoms with Crippen LogP contribution in [0.2, 0.25) is 0 Å². The molecule has 0 aliphatic rings. The van der Waals surface area contributed by atoms with Crippen molar-refractivity contribution in [1.82, 2.24) is 9.78 Å². The van der Waals surface area contributed by atoms with E-state index < -0.39 is 0 Å². The molecule has 0 unspecified atom stereocenters. The lowest BCUT2D eigenvalue weighted by Gasteiger charge is -2.11. The minimum atomic E-state index is 0.560. The van der Waals surface area contributed by atoms with Gasteiger partial charge in [0, 0.05) is 29.2 Å². The summed E-state index contributed by atoms with van der Waals surface area (Å²) in [5.74, 6) is 0.971. The van der Waals surface area contributed by atoms with Crippen molar-refractivity contribution < 1.29 is 4.74 Å². The summed E-state index contributed by atoms with van der Waals surface area (Å²) in [5, 5.41) is 5.04. The molecule has 0 amide bonds. The van der Waals surface area contributed by atoms with E-state index in [-0.39, 0.29) is 0 Å². The van der Waals surface area contributed by atoms with Crippen LogP contribution in [0.1, 0.15) is 23.6 Å². The SMILES string of the molecule is CCn1cc(COc2c(C)cccc2CBr)cn1. The number of alkyl halides is 1. The van der Waals surface area contributed by atoms with Crippen molar-refractivity contribution in [3.05, 3.63) is 47.3 Å². The molecule has 0 radical (unpaired) electrons. The second-order valence-corrected chi connectivity index (χ2v) is 4.75. The molecule has 0 fully saturated rings. The van der Waals surface area contributed by atoms with Gasteiger partial charge in [-0.05, 0) is 19.4 Å². The fraction of sp³-hybridized carbons (Fsp3) is 0.357. The van der Waals surface area contributed by atoms with Gasteiger partial charge in [-0.15, -0.1) is 0 Å². The minimum absolute atomic E-state index is 0.560. The molecule has 4 heteroatoms. The van der Waals surface area contributed by atoms with E-state index in [4.69, 9.17) is 4.74 Å². The molecule has 18 heavy (non-hydrogen) atoms. The van der Waals surface area contributed by atoms with Crippen molar-refractivity contribution in [3.63, 3.8) is 0 Å². The lowest BCUT2D eigenvalue weighted by atomic mass is 10.1. The maximum absolute atomic E-state index is 5.92. The zero-order valence-corrected chi connectivity index (χ0v) is 12.3. The van der Waals surface area contributed by atoms with Gasteiger partial charge in [-0.2, -0.15) is 5.10 Å². The summed E-state index contributed by atoms with van der Waals surface area (Å²) in [6, 6.07) is 6.19. The van der Waals surface area contributed by atoms with Crippen LogP contribution < -0.4 is 4.74 Å². The molecule has 0 aliphatic heterocycles. The Hall–Kier alpha value is -1.29. The zero-order chi connectivity index (χ0) is 13.0. The quantitative estimate of drug-likeness (QED) is 0.788. The molecule has 1 heterocycles. The minimum Gasteiger partial charge on any atom is -0.488 e. The van der Waals surface area contributed by atoms with Crippen LogP contribution in [-0.4, -0.2) is 9.78 Å². The second kappa shape index (κ2) is 6.05. The van der Waals surface area contributed by atoms with Gasteiger partial charge in [0.1, 0.15) is 12.4 Å². The number of aromatic nitrogens is 2. The summed E-state index contributed by atoms with van der Waals surface area (Å²) in [4.78, 5) is 0. The molecule has 0 saturated heterocycles. The molecule has 0 spiro atoms. The predicted octanol–water partition coefficient (Wildman–Crippen LogP) is 3.69. The predicted molar refractivity (Wildman–Crippen MR) is 76.0 cm³/mol. The average Bonchev–Trinajstić information content (AvgIpc) is 2.85. The highest BCUT2D eigenvalue weighted by molar-refractivity contribution is 9.08. The van der Waals surface area contributed by atoms with Crippen LogP contribution in [0.4, 0.5) is 0 Å². The van der Waals surface area contributed by atoms with E-state index >= 15 is 0 Å². The molecule has 0 saturated carbocycles. The average molecular weight is 309 g/mol. The Balaban J connectivity index is 2.10. The summed E-state index contributed by atoms with van der Waals surface area (Å²) in [5.41, 5.74) is 3.44. The molecule has 1 aromatic carbocycles. The number of rotatable bonds is 5. The first-order chi connectivity index (χ1) is 8.74. The molecule has 2 rings (SSSR count). The number of halogens is 1. The van der Waals surface area contributed by atoms with Crippen LogP contribution in [0, 0.1) is 6.92 Å². The standard InChI is InChI=1S/C14H17BrN2O/c1-3-17-9-12(8-16-17)10-18-14-11(2)5-4-6-13(14)7-15/h4-6,8-9H,3,7,10H2,1-2H3. The Bertz CT molecular complexity index is 522. The summed E-state index contributed by atoms with van der Waals surface area (Å²) in [6.45, 7) is 5.58. The molecule has 0 aliphatic carbocycles. The van der Waals surface area contributed by atoms with Gasteiger partial charge in [0.05, 0.1) is 6.20 Å². The van der Waals surface area contributed by atoms with Crippen molar-refractivity contribution >= 4 is 15.9 Å². The van der Waals surface area contributed by atoms with Crippen LogP contribution in [0.15, 0.2) is 30.6 Å². The Labute approximate surface area is 116 Å². The normalized spacial score (nSPS) is 10.6. The number of nitrogens with zero attached hydrogens (tertiary/aromatic N) is 2. The molecule has 0 N–H and O–H groups in total. The Morgan fingerprint density at radius 3 is 2.89 bits per heavy atom. The topological polar surface area (TPSA) is 27.1 Å². The van der Waals surface area contributed by atoms with E-state index in [1.165, 1.54) is 5.56 Å². The summed E-state index contributed by atoms with van der Waals surface area (Å²) >= 11 is 3.49. The third kappa shape index (κ3) is 2.93. The van der Waals surface area contributed by atoms with Crippen molar-refractivity contribution in [3.8, 4) is 5.75 Å². The fourth-order valence-electron chi connectivity index (χ4n) is 1.83. The molecular formula is C14H17BrN2O. The maximum atomic E-state index is 5.92. The molecule has 1 aromatic heterocycles. The van der Waals surface area contributed by atoms with Crippen molar-refractivity contribution in [1.29, 1.82) is 0 Å². The Morgan fingerprint density at radius 1 is 1.39 bits per heavy atom. The second-order valence-electron chi connectivity index (χ2n) is 4.19. The number of hydrogen-bond donors (Lipinski definition) is 0. The lowest BCUT2D eigenvalue weighted by molar-refractivity contribution is 0.301. The summed E-state index contributed by atoms with van der Waals surface area (Å²) in [6.07, 6.45) is 3.88. The van der Waals surface area contributed by atoms with Gasteiger partial charge in [-0.3, -0.25) is 4.68 Å². The van der Waals surface area contributed by atoms with E-state index in [0.29, 0.717) is 6.61 Å². The van der Waals surface area contributed by atoms with Gasteiger partial charge >= 0.3 is 0 Å². The molecule has 0 bridgehead atoms. The Morgan fingerprint density at radius 2 is 2.22 bits per heavy atom. The highest BCUT2D eigenvalue weighted by atomic mass is 79.9. The number of hydrogen-bond acceptors (Lipinski definition) is 2. The lowest BCUT2D eigenvalue weighted by Crippen LogP contribution is -1.99. The van der Waals surface area contributed by atoms with Gasteiger partial charge in [0.25, 0.3) is 0 Å². The molecule has 3 nitrogen and oxygen atoms in total. The van der Waals surface area contributed by atoms with Crippen LogP contribution in [0.5, 0.6) is 5.75 Å². The Kier molecular flexibility index (Phi) is 4.42. The van der Waals surface area contributed by atoms with E-state index in [9.17, 15) is 0 Å². The van der Waals surface area contributed by atoms with Crippen molar-refractivity contribution in [2.45, 2.75) is 32.3 Å². The largest absolute Gasteiger partial charge is 0.488 e. The third-order valence-corrected chi connectivity index (χ3v) is 3.44. The molecule has 96 valence electrons. The van der Waals surface area contributed by atoms with E-state index in [2.05, 4.69) is 47.0 Å². The van der Waals surface area contributed by atoms with E-state index in [0.717, 1.165) is 28.8 Å². The van der Waals surface area contributed by atoms with E-state index in [1.54, 1.807) is 0 Å². The highest BCUT2D eigenvalue weighted by Crippen LogP contribution is 2.26. The number of ether oxygens (including phenoxy) is 1. The fourth-order valence-corrected chi connectivity index (χ4v) is 2.28. The van der Waals surface area contributed by atoms with Gasteiger partial charge in [-0.25, -0.2) is 0 Å². The van der Waals surface area contributed by atoms with Crippen molar-refractivity contribution in [2.75, 3.05) is 0 Å². The third-order valence-electron chi connectivity index (χ3n) is 2.83. The number of para-hydroxylation sites is 1. The molecule has 2 aromatic rings. The van der Waals surface area contributed by atoms with Crippen LogP contribution in [0.3, 0.4) is 0 Å². The number of benzene rings is 1. The van der Waals surface area contributed by atoms with Crippen LogP contribution >= 0.6 is 15.9 Å². The van der Waals surface area contributed by atoms with Crippen molar-refractivity contribution in [2.24, 2.45) is 0 Å². The monoisotopic (exact) mass is 308 g/mol. The van der Waals surface area contributed by atoms with Crippen LogP contribution in [0.25, 0.3) is 0 Å². The number of aryl methyl sites for hydroxylation is 2. The van der Waals surface area contributed by atoms with Gasteiger partial charge in [-0.1, -0.05) is 34.1 Å². The van der Waals surface area contributed by atoms with Crippen LogP contribution in [-0.2, 0) is 18.5 Å². The first-order valence-corrected chi connectivity index (χ1v) is 7.15. The van der Waals surface area contributed by atoms with Gasteiger partial charge in [0.15, 0.2) is 0 Å². The van der Waals surface area contributed by atoms with E-state index in [1.807, 2.05) is 23.1 Å². The van der Waals surface area contributed by atoms with Gasteiger partial charge in [0.2, 0.25) is 0 Å². The summed E-state index contributed by atoms with van der Waals surface area (Å²) in [7, 11) is 0. The zero-order valence-electron chi connectivity index (χ0n) is 10.7. The molecular weight excluding hydrogens is 292 g/mol. The first kappa shape index (κ1) is 13.1. The first-order valence-electron chi connectivity index (χ1n) is 6.03. The summed E-state index contributed by atoms with van der Waals surface area (Å²) < 4.78 is 7.82. The highest BCUT2D eigenvalue weighted by Gasteiger charge is 2.07. The molecule has 0 atom stereocenters.